The molecular formula is C24H30N2O2. The number of hydrogen-bond donors (Lipinski definition) is 1. The van der Waals surface area contributed by atoms with E-state index in [0.29, 0.717) is 13.1 Å². The average molecular weight is 379 g/mol. The molecule has 1 atom stereocenters. The number of aryl methyl sites for hydroxylation is 1. The van der Waals surface area contributed by atoms with Gasteiger partial charge in [-0.3, -0.25) is 9.59 Å². The average Bonchev–Trinajstić information content (AvgIpc) is 2.74. The highest BCUT2D eigenvalue weighted by Gasteiger charge is 2.29. The fourth-order valence-electron chi connectivity index (χ4n) is 3.91. The normalized spacial score (nSPS) is 15.9. The summed E-state index contributed by atoms with van der Waals surface area (Å²) in [5.41, 5.74) is 2.92. The molecule has 0 radical (unpaired) electrons. The van der Waals surface area contributed by atoms with Crippen LogP contribution >= 0.6 is 0 Å². The minimum Gasteiger partial charge on any atom is -0.349 e. The standard InChI is InChI=1S/C24H30N2O2/c1-3-9-22(19-11-5-4-6-12-19)25-23(27)20-14-16-26(17-15-20)24(28)21-13-8-7-10-18(21)2/h4-8,10-13,20,22H,3,9,14-17H2,1-2H3,(H,25,27). The zero-order chi connectivity index (χ0) is 19.9. The van der Waals surface area contributed by atoms with Crippen molar-refractivity contribution in [3.05, 3.63) is 71.3 Å². The lowest BCUT2D eigenvalue weighted by Gasteiger charge is -2.32. The zero-order valence-electron chi connectivity index (χ0n) is 16.9. The highest BCUT2D eigenvalue weighted by atomic mass is 16.2. The van der Waals surface area contributed by atoms with E-state index in [9.17, 15) is 9.59 Å². The Kier molecular flexibility index (Phi) is 6.85. The Hall–Kier alpha value is -2.62. The molecule has 2 aromatic rings. The summed E-state index contributed by atoms with van der Waals surface area (Å²) < 4.78 is 0. The number of likely N-dealkylation sites (tertiary alicyclic amines) is 1. The summed E-state index contributed by atoms with van der Waals surface area (Å²) in [7, 11) is 0. The van der Waals surface area contributed by atoms with Crippen LogP contribution in [0.3, 0.4) is 0 Å². The predicted molar refractivity (Wildman–Crippen MR) is 112 cm³/mol. The zero-order valence-corrected chi connectivity index (χ0v) is 16.9. The topological polar surface area (TPSA) is 49.4 Å². The van der Waals surface area contributed by atoms with E-state index in [2.05, 4.69) is 24.4 Å². The molecule has 2 aromatic carbocycles. The molecule has 1 aliphatic heterocycles. The minimum absolute atomic E-state index is 0.0241. The SMILES string of the molecule is CCCC(NC(=O)C1CCN(C(=O)c2ccccc2C)CC1)c1ccccc1. The van der Waals surface area contributed by atoms with Crippen LogP contribution in [0.1, 0.15) is 60.1 Å². The van der Waals surface area contributed by atoms with Crippen LogP contribution in [-0.4, -0.2) is 29.8 Å². The first-order valence-corrected chi connectivity index (χ1v) is 10.3. The van der Waals surface area contributed by atoms with Gasteiger partial charge in [0.05, 0.1) is 6.04 Å². The van der Waals surface area contributed by atoms with Gasteiger partial charge in [-0.2, -0.15) is 0 Å². The highest BCUT2D eigenvalue weighted by molar-refractivity contribution is 5.95. The van der Waals surface area contributed by atoms with Crippen molar-refractivity contribution in [3.63, 3.8) is 0 Å². The van der Waals surface area contributed by atoms with Gasteiger partial charge < -0.3 is 10.2 Å². The van der Waals surface area contributed by atoms with Crippen molar-refractivity contribution < 1.29 is 9.59 Å². The Bertz CT molecular complexity index is 795. The van der Waals surface area contributed by atoms with Crippen molar-refractivity contribution in [1.82, 2.24) is 10.2 Å². The number of carbonyl (C=O) groups is 2. The molecular weight excluding hydrogens is 348 g/mol. The van der Waals surface area contributed by atoms with E-state index >= 15 is 0 Å². The van der Waals surface area contributed by atoms with Gasteiger partial charge in [0, 0.05) is 24.6 Å². The number of nitrogens with zero attached hydrogens (tertiary/aromatic N) is 1. The predicted octanol–water partition coefficient (Wildman–Crippen LogP) is 4.50. The quantitative estimate of drug-likeness (QED) is 0.804. The number of benzene rings is 2. The smallest absolute Gasteiger partial charge is 0.254 e. The third-order valence-electron chi connectivity index (χ3n) is 5.62. The second kappa shape index (κ2) is 9.54. The summed E-state index contributed by atoms with van der Waals surface area (Å²) in [4.78, 5) is 27.5. The first kappa shape index (κ1) is 20.1. The molecule has 28 heavy (non-hydrogen) atoms. The van der Waals surface area contributed by atoms with Crippen molar-refractivity contribution in [2.45, 2.75) is 45.6 Å². The van der Waals surface area contributed by atoms with Gasteiger partial charge in [-0.25, -0.2) is 0 Å². The molecule has 148 valence electrons. The van der Waals surface area contributed by atoms with Crippen LogP contribution < -0.4 is 5.32 Å². The van der Waals surface area contributed by atoms with Crippen LogP contribution in [0.25, 0.3) is 0 Å². The van der Waals surface area contributed by atoms with E-state index in [1.807, 2.05) is 54.3 Å². The Morgan fingerprint density at radius 2 is 1.68 bits per heavy atom. The molecule has 0 spiro atoms. The third kappa shape index (κ3) is 4.80. The summed E-state index contributed by atoms with van der Waals surface area (Å²) >= 11 is 0. The summed E-state index contributed by atoms with van der Waals surface area (Å²) in [6.07, 6.45) is 3.39. The van der Waals surface area contributed by atoms with Gasteiger partial charge in [0.15, 0.2) is 0 Å². The number of rotatable bonds is 6. The number of amides is 2. The number of piperidine rings is 1. The fraction of sp³-hybridized carbons (Fsp3) is 0.417. The minimum atomic E-state index is -0.0241. The molecule has 0 aromatic heterocycles. The van der Waals surface area contributed by atoms with E-state index in [1.54, 1.807) is 0 Å². The Morgan fingerprint density at radius 1 is 1.04 bits per heavy atom. The van der Waals surface area contributed by atoms with E-state index in [4.69, 9.17) is 0 Å². The number of hydrogen-bond acceptors (Lipinski definition) is 2. The molecule has 1 saturated heterocycles. The molecule has 2 amide bonds. The first-order valence-electron chi connectivity index (χ1n) is 10.3. The van der Waals surface area contributed by atoms with Crippen LogP contribution in [0.4, 0.5) is 0 Å². The van der Waals surface area contributed by atoms with Gasteiger partial charge >= 0.3 is 0 Å². The van der Waals surface area contributed by atoms with Crippen molar-refractivity contribution in [2.24, 2.45) is 5.92 Å². The molecule has 0 saturated carbocycles. The fourth-order valence-corrected chi connectivity index (χ4v) is 3.91. The van der Waals surface area contributed by atoms with Gasteiger partial charge in [-0.15, -0.1) is 0 Å². The number of nitrogens with one attached hydrogen (secondary N) is 1. The van der Waals surface area contributed by atoms with Gasteiger partial charge in [0.2, 0.25) is 5.91 Å². The maximum Gasteiger partial charge on any atom is 0.254 e. The van der Waals surface area contributed by atoms with E-state index in [1.165, 1.54) is 0 Å². The molecule has 4 nitrogen and oxygen atoms in total. The van der Waals surface area contributed by atoms with Crippen LogP contribution in [0.2, 0.25) is 0 Å². The molecule has 4 heteroatoms. The maximum atomic E-state index is 12.8. The van der Waals surface area contributed by atoms with Crippen LogP contribution in [0, 0.1) is 12.8 Å². The molecule has 1 N–H and O–H groups in total. The second-order valence-corrected chi connectivity index (χ2v) is 7.64. The van der Waals surface area contributed by atoms with E-state index in [-0.39, 0.29) is 23.8 Å². The van der Waals surface area contributed by atoms with Crippen molar-refractivity contribution >= 4 is 11.8 Å². The Morgan fingerprint density at radius 3 is 2.32 bits per heavy atom. The molecule has 0 aliphatic carbocycles. The van der Waals surface area contributed by atoms with Crippen molar-refractivity contribution in [1.29, 1.82) is 0 Å². The summed E-state index contributed by atoms with van der Waals surface area (Å²) in [5.74, 6) is 0.166. The molecule has 3 rings (SSSR count). The van der Waals surface area contributed by atoms with Crippen LogP contribution in [0.5, 0.6) is 0 Å². The van der Waals surface area contributed by atoms with Gasteiger partial charge in [-0.1, -0.05) is 61.9 Å². The van der Waals surface area contributed by atoms with Crippen LogP contribution in [-0.2, 0) is 4.79 Å². The molecule has 1 aliphatic rings. The van der Waals surface area contributed by atoms with Crippen molar-refractivity contribution in [2.75, 3.05) is 13.1 Å². The lowest BCUT2D eigenvalue weighted by atomic mass is 9.93. The van der Waals surface area contributed by atoms with E-state index in [0.717, 1.165) is 42.4 Å². The Labute approximate surface area is 167 Å². The van der Waals surface area contributed by atoms with Crippen molar-refractivity contribution in [3.8, 4) is 0 Å². The van der Waals surface area contributed by atoms with Crippen LogP contribution in [0.15, 0.2) is 54.6 Å². The Balaban J connectivity index is 1.57. The third-order valence-corrected chi connectivity index (χ3v) is 5.62. The lowest BCUT2D eigenvalue weighted by Crippen LogP contribution is -2.43. The molecule has 1 fully saturated rings. The second-order valence-electron chi connectivity index (χ2n) is 7.64. The molecule has 0 bridgehead atoms. The number of carbonyl (C=O) groups excluding carboxylic acids is 2. The van der Waals surface area contributed by atoms with Gasteiger partial charge in [0.1, 0.15) is 0 Å². The van der Waals surface area contributed by atoms with Gasteiger partial charge in [0.25, 0.3) is 5.91 Å². The first-order chi connectivity index (χ1) is 13.6. The summed E-state index contributed by atoms with van der Waals surface area (Å²) in [6.45, 7) is 5.37. The molecule has 1 unspecified atom stereocenters. The monoisotopic (exact) mass is 378 g/mol. The summed E-state index contributed by atoms with van der Waals surface area (Å²) in [5, 5.41) is 3.25. The molecule has 1 heterocycles. The summed E-state index contributed by atoms with van der Waals surface area (Å²) in [6, 6.07) is 17.9. The lowest BCUT2D eigenvalue weighted by molar-refractivity contribution is -0.127. The maximum absolute atomic E-state index is 12.8. The van der Waals surface area contributed by atoms with Gasteiger partial charge in [-0.05, 0) is 43.4 Å². The van der Waals surface area contributed by atoms with E-state index < -0.39 is 0 Å². The largest absolute Gasteiger partial charge is 0.349 e. The highest BCUT2D eigenvalue weighted by Crippen LogP contribution is 2.23.